The summed E-state index contributed by atoms with van der Waals surface area (Å²) < 4.78 is 14.2. The lowest BCUT2D eigenvalue weighted by atomic mass is 10.3. The first-order valence-corrected chi connectivity index (χ1v) is 7.48. The Hall–Kier alpha value is -2.70. The summed E-state index contributed by atoms with van der Waals surface area (Å²) in [5, 5.41) is 5.22. The summed E-state index contributed by atoms with van der Waals surface area (Å²) in [6, 6.07) is 6.63. The molecule has 0 aliphatic heterocycles. The number of hydrogen-bond donors (Lipinski definition) is 2. The molecule has 2 N–H and O–H groups in total. The second kappa shape index (κ2) is 6.60. The molecule has 1 aliphatic rings. The normalized spacial score (nSPS) is 13.6. The molecule has 0 saturated heterocycles. The molecule has 1 aromatic carbocycles. The van der Waals surface area contributed by atoms with Gasteiger partial charge >= 0.3 is 6.03 Å². The predicted molar refractivity (Wildman–Crippen MR) is 83.9 cm³/mol. The largest absolute Gasteiger partial charge is 0.336 e. The molecule has 1 aliphatic carbocycles. The highest BCUT2D eigenvalue weighted by Crippen LogP contribution is 2.38. The summed E-state index contributed by atoms with van der Waals surface area (Å²) in [6.45, 7) is 0.630. The van der Waals surface area contributed by atoms with E-state index in [0.29, 0.717) is 18.2 Å². The number of nitrogens with zero attached hydrogens (tertiary/aromatic N) is 2. The van der Waals surface area contributed by atoms with E-state index in [1.165, 1.54) is 35.2 Å². The zero-order valence-corrected chi connectivity index (χ0v) is 12.5. The van der Waals surface area contributed by atoms with Crippen LogP contribution in [0.4, 0.5) is 14.9 Å². The average Bonchev–Trinajstić information content (AvgIpc) is 3.36. The first kappa shape index (κ1) is 15.2. The van der Waals surface area contributed by atoms with E-state index in [1.807, 2.05) is 0 Å². The predicted octanol–water partition coefficient (Wildman–Crippen LogP) is 2.08. The Bertz CT molecular complexity index is 753. The van der Waals surface area contributed by atoms with Gasteiger partial charge in [-0.2, -0.15) is 0 Å². The van der Waals surface area contributed by atoms with Crippen LogP contribution in [0, 0.1) is 5.82 Å². The summed E-state index contributed by atoms with van der Waals surface area (Å²) in [4.78, 5) is 27.9. The molecule has 120 valence electrons. The number of anilines is 1. The number of carbonyl (C=O) groups is 1. The molecule has 1 fully saturated rings. The van der Waals surface area contributed by atoms with Crippen molar-refractivity contribution in [2.75, 3.05) is 11.9 Å². The van der Waals surface area contributed by atoms with E-state index in [2.05, 4.69) is 15.6 Å². The van der Waals surface area contributed by atoms with Crippen molar-refractivity contribution in [1.29, 1.82) is 0 Å². The van der Waals surface area contributed by atoms with Crippen molar-refractivity contribution >= 4 is 11.7 Å². The number of hydrogen-bond acceptors (Lipinski definition) is 3. The Kier molecular flexibility index (Phi) is 4.36. The van der Waals surface area contributed by atoms with Crippen LogP contribution in [0.5, 0.6) is 0 Å². The second-order valence-electron chi connectivity index (χ2n) is 5.51. The van der Waals surface area contributed by atoms with E-state index in [1.54, 1.807) is 6.07 Å². The maximum Gasteiger partial charge on any atom is 0.319 e. The Morgan fingerprint density at radius 1 is 1.30 bits per heavy atom. The lowest BCUT2D eigenvalue weighted by Gasteiger charge is -2.09. The van der Waals surface area contributed by atoms with Crippen molar-refractivity contribution in [2.24, 2.45) is 0 Å². The van der Waals surface area contributed by atoms with Crippen LogP contribution in [-0.4, -0.2) is 22.1 Å². The van der Waals surface area contributed by atoms with Crippen molar-refractivity contribution in [3.63, 3.8) is 0 Å². The monoisotopic (exact) mass is 316 g/mol. The van der Waals surface area contributed by atoms with Gasteiger partial charge in [-0.3, -0.25) is 9.36 Å². The van der Waals surface area contributed by atoms with Gasteiger partial charge < -0.3 is 10.6 Å². The lowest BCUT2D eigenvalue weighted by molar-refractivity contribution is 0.251. The van der Waals surface area contributed by atoms with Gasteiger partial charge in [0, 0.05) is 30.8 Å². The van der Waals surface area contributed by atoms with Crippen LogP contribution < -0.4 is 16.2 Å². The quantitative estimate of drug-likeness (QED) is 0.887. The lowest BCUT2D eigenvalue weighted by Crippen LogP contribution is -2.33. The smallest absolute Gasteiger partial charge is 0.319 e. The topological polar surface area (TPSA) is 76.0 Å². The maximum absolute atomic E-state index is 12.8. The van der Waals surface area contributed by atoms with Gasteiger partial charge in [0.15, 0.2) is 0 Å². The summed E-state index contributed by atoms with van der Waals surface area (Å²) >= 11 is 0. The van der Waals surface area contributed by atoms with Gasteiger partial charge in [0.25, 0.3) is 5.56 Å². The van der Waals surface area contributed by atoms with E-state index in [-0.39, 0.29) is 17.9 Å². The number of nitrogens with one attached hydrogen (secondary N) is 2. The number of halogens is 1. The first-order chi connectivity index (χ1) is 11.1. The van der Waals surface area contributed by atoms with Gasteiger partial charge in [0.1, 0.15) is 5.82 Å². The molecule has 0 radical (unpaired) electrons. The fourth-order valence-electron chi connectivity index (χ4n) is 2.21. The van der Waals surface area contributed by atoms with Crippen molar-refractivity contribution in [3.8, 4) is 0 Å². The van der Waals surface area contributed by atoms with Gasteiger partial charge in [-0.1, -0.05) is 0 Å². The van der Waals surface area contributed by atoms with Gasteiger partial charge in [-0.15, -0.1) is 0 Å². The molecular formula is C16H17FN4O2. The summed E-state index contributed by atoms with van der Waals surface area (Å²) in [5.41, 5.74) is 1.24. The van der Waals surface area contributed by atoms with Gasteiger partial charge in [0.05, 0.1) is 12.0 Å². The number of aromatic nitrogens is 2. The molecule has 1 saturated carbocycles. The number of urea groups is 1. The van der Waals surface area contributed by atoms with Crippen LogP contribution in [-0.2, 0) is 6.54 Å². The van der Waals surface area contributed by atoms with Gasteiger partial charge in [0.2, 0.25) is 0 Å². The molecule has 3 rings (SSSR count). The van der Waals surface area contributed by atoms with E-state index in [4.69, 9.17) is 0 Å². The third-order valence-electron chi connectivity index (χ3n) is 3.64. The summed E-state index contributed by atoms with van der Waals surface area (Å²) in [5.74, 6) is 0.0782. The Balaban J connectivity index is 1.48. The van der Waals surface area contributed by atoms with Crippen molar-refractivity contribution in [1.82, 2.24) is 14.9 Å². The molecule has 23 heavy (non-hydrogen) atoms. The number of benzene rings is 1. The number of amides is 2. The minimum Gasteiger partial charge on any atom is -0.336 e. The fraction of sp³-hybridized carbons (Fsp3) is 0.312. The van der Waals surface area contributed by atoms with Crippen LogP contribution >= 0.6 is 0 Å². The standard InChI is InChI=1S/C16H17FN4O2/c17-12-3-5-13(6-4-12)20-16(23)18-7-8-21-10-19-14(9-15(21)22)11-1-2-11/h3-6,9-11H,1-2,7-8H2,(H2,18,20,23). The molecule has 0 atom stereocenters. The van der Waals surface area contributed by atoms with Crippen molar-refractivity contribution in [2.45, 2.75) is 25.3 Å². The zero-order valence-electron chi connectivity index (χ0n) is 12.5. The highest BCUT2D eigenvalue weighted by atomic mass is 19.1. The molecule has 0 unspecified atom stereocenters. The highest BCUT2D eigenvalue weighted by Gasteiger charge is 2.25. The van der Waals surface area contributed by atoms with Gasteiger partial charge in [-0.25, -0.2) is 14.2 Å². The Morgan fingerprint density at radius 2 is 2.04 bits per heavy atom. The minimum atomic E-state index is -0.410. The maximum atomic E-state index is 12.8. The summed E-state index contributed by atoms with van der Waals surface area (Å²) in [7, 11) is 0. The first-order valence-electron chi connectivity index (χ1n) is 7.48. The summed E-state index contributed by atoms with van der Waals surface area (Å²) in [6.07, 6.45) is 3.72. The Morgan fingerprint density at radius 3 is 2.70 bits per heavy atom. The molecule has 6 nitrogen and oxygen atoms in total. The molecule has 1 aromatic heterocycles. The van der Waals surface area contributed by atoms with Crippen LogP contribution in [0.25, 0.3) is 0 Å². The van der Waals surface area contributed by atoms with Crippen LogP contribution in [0.1, 0.15) is 24.5 Å². The van der Waals surface area contributed by atoms with Crippen LogP contribution in [0.2, 0.25) is 0 Å². The molecule has 7 heteroatoms. The number of carbonyl (C=O) groups excluding carboxylic acids is 1. The van der Waals surface area contributed by atoms with Crippen molar-refractivity contribution < 1.29 is 9.18 Å². The zero-order chi connectivity index (χ0) is 16.2. The Labute approximate surface area is 132 Å². The number of rotatable bonds is 5. The van der Waals surface area contributed by atoms with E-state index in [9.17, 15) is 14.0 Å². The average molecular weight is 316 g/mol. The van der Waals surface area contributed by atoms with Crippen molar-refractivity contribution in [3.05, 3.63) is 58.5 Å². The van der Waals surface area contributed by atoms with E-state index in [0.717, 1.165) is 18.5 Å². The molecule has 0 bridgehead atoms. The van der Waals surface area contributed by atoms with Crippen LogP contribution in [0.15, 0.2) is 41.5 Å². The SMILES string of the molecule is O=C(NCCn1cnc(C2CC2)cc1=O)Nc1ccc(F)cc1. The third kappa shape index (κ3) is 4.15. The highest BCUT2D eigenvalue weighted by molar-refractivity contribution is 5.89. The second-order valence-corrected chi connectivity index (χ2v) is 5.51. The molecule has 1 heterocycles. The van der Waals surface area contributed by atoms with E-state index >= 15 is 0 Å². The van der Waals surface area contributed by atoms with E-state index < -0.39 is 6.03 Å². The molecule has 2 amide bonds. The van der Waals surface area contributed by atoms with Gasteiger partial charge in [-0.05, 0) is 37.1 Å². The third-order valence-corrected chi connectivity index (χ3v) is 3.64. The molecule has 2 aromatic rings. The fourth-order valence-corrected chi connectivity index (χ4v) is 2.21. The molecular weight excluding hydrogens is 299 g/mol. The van der Waals surface area contributed by atoms with Crippen LogP contribution in [0.3, 0.4) is 0 Å². The molecule has 0 spiro atoms. The minimum absolute atomic E-state index is 0.109.